The van der Waals surface area contributed by atoms with E-state index in [0.717, 1.165) is 33.6 Å². The van der Waals surface area contributed by atoms with E-state index in [2.05, 4.69) is 111 Å². The van der Waals surface area contributed by atoms with Crippen molar-refractivity contribution in [3.8, 4) is 79.4 Å². The maximum atomic E-state index is 6.84. The Morgan fingerprint density at radius 3 is 1.96 bits per heavy atom. The van der Waals surface area contributed by atoms with Gasteiger partial charge in [-0.2, -0.15) is 0 Å². The Morgan fingerprint density at radius 1 is 0.426 bits per heavy atom. The topological polar surface area (TPSA) is 57.1 Å². The number of benzene rings is 7. The summed E-state index contributed by atoms with van der Waals surface area (Å²) in [6.45, 7) is 4.55. The summed E-state index contributed by atoms with van der Waals surface area (Å²) < 4.78 is 15.9. The summed E-state index contributed by atoms with van der Waals surface area (Å²) in [5.74, 6) is 4.56. The number of fused-ring (bicyclic) bond motifs is 8. The van der Waals surface area contributed by atoms with E-state index in [4.69, 9.17) is 24.4 Å². The Balaban J connectivity index is 1.05. The average Bonchev–Trinajstić information content (AvgIpc) is 3.70. The first-order chi connectivity index (χ1) is 26.5. The van der Waals surface area contributed by atoms with Gasteiger partial charge >= 0.3 is 0 Å². The first-order valence-electron chi connectivity index (χ1n) is 18.1. The molecule has 7 aromatic carbocycles. The minimum Gasteiger partial charge on any atom is -0.449 e. The molecule has 0 saturated heterocycles. The summed E-state index contributed by atoms with van der Waals surface area (Å²) in [7, 11) is 0. The molecule has 0 amide bonds. The van der Waals surface area contributed by atoms with Gasteiger partial charge in [-0.25, -0.2) is 15.0 Å². The predicted molar refractivity (Wildman–Crippen MR) is 219 cm³/mol. The lowest BCUT2D eigenvalue weighted by atomic mass is 9.82. The summed E-state index contributed by atoms with van der Waals surface area (Å²) in [5, 5.41) is 2.50. The van der Waals surface area contributed by atoms with Crippen LogP contribution in [0.2, 0.25) is 0 Å². The second kappa shape index (κ2) is 11.7. The van der Waals surface area contributed by atoms with Crippen molar-refractivity contribution < 1.29 is 9.47 Å². The molecule has 11 rings (SSSR count). The molecular weight excluding hydrogens is 683 g/mol. The summed E-state index contributed by atoms with van der Waals surface area (Å²) in [4.78, 5) is 15.3. The van der Waals surface area contributed by atoms with Crippen LogP contribution in [0.5, 0.6) is 23.0 Å². The molecule has 0 saturated carbocycles. The van der Waals surface area contributed by atoms with Crippen molar-refractivity contribution in [3.05, 3.63) is 163 Å². The first-order valence-corrected chi connectivity index (χ1v) is 18.9. The summed E-state index contributed by atoms with van der Waals surface area (Å²) >= 11 is 1.79. The quantitative estimate of drug-likeness (QED) is 0.182. The smallest absolute Gasteiger partial charge is 0.177 e. The van der Waals surface area contributed by atoms with E-state index in [1.807, 2.05) is 54.6 Å². The van der Waals surface area contributed by atoms with Crippen LogP contribution in [-0.4, -0.2) is 15.0 Å². The molecule has 1 aliphatic carbocycles. The van der Waals surface area contributed by atoms with Crippen LogP contribution in [0.15, 0.2) is 152 Å². The average molecular weight is 714 g/mol. The summed E-state index contributed by atoms with van der Waals surface area (Å²) in [5.41, 5.74) is 9.38. The van der Waals surface area contributed by atoms with Crippen molar-refractivity contribution in [1.82, 2.24) is 15.0 Å². The fourth-order valence-electron chi connectivity index (χ4n) is 8.13. The number of para-hydroxylation sites is 1. The molecule has 1 aliphatic heterocycles. The number of thiophene rings is 1. The highest BCUT2D eigenvalue weighted by atomic mass is 32.1. The monoisotopic (exact) mass is 713 g/mol. The fourth-order valence-corrected chi connectivity index (χ4v) is 9.27. The molecule has 256 valence electrons. The maximum absolute atomic E-state index is 6.84. The molecule has 9 aromatic rings. The lowest BCUT2D eigenvalue weighted by Crippen LogP contribution is -2.15. The maximum Gasteiger partial charge on any atom is 0.177 e. The number of aromatic nitrogens is 3. The molecule has 6 heteroatoms. The number of hydrogen-bond donors (Lipinski definition) is 0. The molecule has 3 heterocycles. The van der Waals surface area contributed by atoms with Crippen LogP contribution in [-0.2, 0) is 5.41 Å². The van der Waals surface area contributed by atoms with Crippen LogP contribution in [0.4, 0.5) is 0 Å². The Kier molecular flexibility index (Phi) is 6.70. The Bertz CT molecular complexity index is 2990. The van der Waals surface area contributed by atoms with E-state index in [0.29, 0.717) is 34.7 Å². The van der Waals surface area contributed by atoms with Gasteiger partial charge in [-0.15, -0.1) is 11.3 Å². The van der Waals surface area contributed by atoms with Crippen molar-refractivity contribution in [3.63, 3.8) is 0 Å². The number of ether oxygens (including phenoxy) is 2. The van der Waals surface area contributed by atoms with Gasteiger partial charge in [0.2, 0.25) is 0 Å². The number of nitrogens with zero attached hydrogens (tertiary/aromatic N) is 3. The SMILES string of the molecule is CC1(C)c2ccccc2-c2cc3c(cc21)Oc1cccc(-c2ccccc2-c2nc(-c4ccccc4)nc(-c4ccc5c(c4)sc4ccccc45)n2)c1O3. The van der Waals surface area contributed by atoms with Crippen LogP contribution >= 0.6 is 11.3 Å². The zero-order valence-electron chi connectivity index (χ0n) is 29.5. The van der Waals surface area contributed by atoms with E-state index in [1.165, 1.54) is 42.4 Å². The molecule has 0 radical (unpaired) electrons. The van der Waals surface area contributed by atoms with Crippen molar-refractivity contribution >= 4 is 31.5 Å². The van der Waals surface area contributed by atoms with Crippen LogP contribution in [0.1, 0.15) is 25.0 Å². The highest BCUT2D eigenvalue weighted by molar-refractivity contribution is 7.25. The molecule has 0 fully saturated rings. The zero-order valence-corrected chi connectivity index (χ0v) is 30.3. The standard InChI is InChI=1S/C48H31N3O2S/c1-48(2)37-20-10-8-16-31(37)36-26-40-41(27-38(36)48)52-39-21-12-19-34(44(39)53-40)30-15-6-7-18-35(30)47-50-45(28-13-4-3-5-14-28)49-46(51-47)29-23-24-33-32-17-9-11-22-42(32)54-43(33)25-29/h3-27H,1-2H3. The van der Waals surface area contributed by atoms with Gasteiger partial charge in [0.15, 0.2) is 40.5 Å². The van der Waals surface area contributed by atoms with Crippen LogP contribution in [0.25, 0.3) is 76.6 Å². The van der Waals surface area contributed by atoms with E-state index in [1.54, 1.807) is 11.3 Å². The molecule has 2 aliphatic rings. The minimum absolute atomic E-state index is 0.142. The number of rotatable bonds is 4. The van der Waals surface area contributed by atoms with Crippen molar-refractivity contribution in [1.29, 1.82) is 0 Å². The molecule has 2 aromatic heterocycles. The molecule has 0 unspecified atom stereocenters. The van der Waals surface area contributed by atoms with Crippen LogP contribution in [0.3, 0.4) is 0 Å². The third kappa shape index (κ3) is 4.73. The lowest BCUT2D eigenvalue weighted by molar-refractivity contribution is 0.360. The van der Waals surface area contributed by atoms with E-state index >= 15 is 0 Å². The minimum atomic E-state index is -0.142. The van der Waals surface area contributed by atoms with Gasteiger partial charge < -0.3 is 9.47 Å². The van der Waals surface area contributed by atoms with Gasteiger partial charge in [-0.1, -0.05) is 135 Å². The largest absolute Gasteiger partial charge is 0.449 e. The molecular formula is C48H31N3O2S. The Hall–Kier alpha value is -6.63. The molecule has 0 atom stereocenters. The highest BCUT2D eigenvalue weighted by Crippen LogP contribution is 2.56. The van der Waals surface area contributed by atoms with Gasteiger partial charge in [-0.05, 0) is 58.1 Å². The van der Waals surface area contributed by atoms with E-state index in [-0.39, 0.29) is 5.41 Å². The Labute approximate surface area is 316 Å². The summed E-state index contributed by atoms with van der Waals surface area (Å²) in [6, 6.07) is 52.4. The molecule has 5 nitrogen and oxygen atoms in total. The van der Waals surface area contributed by atoms with E-state index in [9.17, 15) is 0 Å². The first kappa shape index (κ1) is 30.9. The lowest BCUT2D eigenvalue weighted by Gasteiger charge is -2.26. The second-order valence-corrected chi connectivity index (χ2v) is 15.5. The van der Waals surface area contributed by atoms with Gasteiger partial charge in [0.05, 0.1) is 0 Å². The molecule has 0 N–H and O–H groups in total. The summed E-state index contributed by atoms with van der Waals surface area (Å²) in [6.07, 6.45) is 0. The van der Waals surface area contributed by atoms with Crippen LogP contribution < -0.4 is 9.47 Å². The molecule has 0 bridgehead atoms. The third-order valence-electron chi connectivity index (χ3n) is 10.8. The van der Waals surface area contributed by atoms with Crippen molar-refractivity contribution in [2.45, 2.75) is 19.3 Å². The Morgan fingerprint density at radius 2 is 1.09 bits per heavy atom. The van der Waals surface area contributed by atoms with E-state index < -0.39 is 0 Å². The highest BCUT2D eigenvalue weighted by Gasteiger charge is 2.37. The fraction of sp³-hybridized carbons (Fsp3) is 0.0625. The van der Waals surface area contributed by atoms with Gasteiger partial charge in [0.25, 0.3) is 0 Å². The normalized spacial score (nSPS) is 13.4. The second-order valence-electron chi connectivity index (χ2n) is 14.4. The van der Waals surface area contributed by atoms with Crippen molar-refractivity contribution in [2.75, 3.05) is 0 Å². The molecule has 54 heavy (non-hydrogen) atoms. The predicted octanol–water partition coefficient (Wildman–Crippen LogP) is 13.1. The van der Waals surface area contributed by atoms with Gasteiger partial charge in [0, 0.05) is 47.8 Å². The van der Waals surface area contributed by atoms with Crippen molar-refractivity contribution in [2.24, 2.45) is 0 Å². The number of hydrogen-bond acceptors (Lipinski definition) is 6. The zero-order chi connectivity index (χ0) is 36.0. The van der Waals surface area contributed by atoms with Gasteiger partial charge in [-0.3, -0.25) is 0 Å². The van der Waals surface area contributed by atoms with Crippen LogP contribution in [0, 0.1) is 0 Å². The third-order valence-corrected chi connectivity index (χ3v) is 12.0. The molecule has 0 spiro atoms. The van der Waals surface area contributed by atoms with Gasteiger partial charge in [0.1, 0.15) is 0 Å².